The molecule has 72 valence electrons. The fourth-order valence-electron chi connectivity index (χ4n) is 1.82. The summed E-state index contributed by atoms with van der Waals surface area (Å²) in [4.78, 5) is 10.8. The average Bonchev–Trinajstić information content (AvgIpc) is 2.49. The van der Waals surface area contributed by atoms with Crippen molar-refractivity contribution in [1.29, 1.82) is 0 Å². The van der Waals surface area contributed by atoms with E-state index in [0.29, 0.717) is 5.75 Å². The Balaban J connectivity index is 2.43. The van der Waals surface area contributed by atoms with E-state index in [1.807, 2.05) is 18.2 Å². The molecule has 1 aromatic rings. The number of hydrogen-bond acceptors (Lipinski definition) is 2. The number of rotatable bonds is 1. The lowest BCUT2D eigenvalue weighted by Crippen LogP contribution is -2.03. The zero-order valence-electron chi connectivity index (χ0n) is 8.17. The van der Waals surface area contributed by atoms with E-state index in [0.717, 1.165) is 29.5 Å². The van der Waals surface area contributed by atoms with Crippen molar-refractivity contribution in [3.63, 3.8) is 0 Å². The third-order valence-electron chi connectivity index (χ3n) is 2.44. The molecular weight excluding hydrogens is 176 g/mol. The Kier molecular flexibility index (Phi) is 2.12. The summed E-state index contributed by atoms with van der Waals surface area (Å²) in [5, 5.41) is 0. The van der Waals surface area contributed by atoms with E-state index in [-0.39, 0.29) is 5.97 Å². The van der Waals surface area contributed by atoms with Crippen LogP contribution in [-0.4, -0.2) is 5.97 Å². The minimum absolute atomic E-state index is 0.268. The Labute approximate surface area is 83.2 Å². The summed E-state index contributed by atoms with van der Waals surface area (Å²) >= 11 is 0. The number of carbonyl (C=O) groups excluding carboxylic acids is 1. The van der Waals surface area contributed by atoms with Gasteiger partial charge in [-0.2, -0.15) is 0 Å². The molecule has 0 atom stereocenters. The molecule has 2 rings (SSSR count). The highest BCUT2D eigenvalue weighted by atomic mass is 16.5. The first-order valence-electron chi connectivity index (χ1n) is 4.67. The Morgan fingerprint density at radius 2 is 2.21 bits per heavy atom. The molecular formula is C12H12O2. The highest BCUT2D eigenvalue weighted by Crippen LogP contribution is 2.36. The maximum atomic E-state index is 10.8. The van der Waals surface area contributed by atoms with Crippen LogP contribution in [0.4, 0.5) is 0 Å². The summed E-state index contributed by atoms with van der Waals surface area (Å²) in [6.07, 6.45) is 1.89. The van der Waals surface area contributed by atoms with Gasteiger partial charge in [0.25, 0.3) is 0 Å². The minimum Gasteiger partial charge on any atom is -0.426 e. The number of carbonyl (C=O) groups is 1. The van der Waals surface area contributed by atoms with Crippen LogP contribution in [0.1, 0.15) is 24.5 Å². The zero-order chi connectivity index (χ0) is 10.1. The maximum Gasteiger partial charge on any atom is 0.308 e. The van der Waals surface area contributed by atoms with E-state index in [1.165, 1.54) is 6.92 Å². The Hall–Kier alpha value is -1.57. The molecule has 2 nitrogen and oxygen atoms in total. The quantitative estimate of drug-likeness (QED) is 0.500. The van der Waals surface area contributed by atoms with Crippen LogP contribution in [0.2, 0.25) is 0 Å². The second-order valence-electron chi connectivity index (χ2n) is 3.48. The highest BCUT2D eigenvalue weighted by molar-refractivity contribution is 5.76. The molecule has 0 saturated heterocycles. The van der Waals surface area contributed by atoms with Crippen molar-refractivity contribution in [3.8, 4) is 5.75 Å². The van der Waals surface area contributed by atoms with Crippen LogP contribution in [0, 0.1) is 0 Å². The van der Waals surface area contributed by atoms with Gasteiger partial charge in [-0.15, -0.1) is 0 Å². The predicted octanol–water partition coefficient (Wildman–Crippen LogP) is 2.57. The van der Waals surface area contributed by atoms with Crippen molar-refractivity contribution >= 4 is 11.5 Å². The molecule has 2 heteroatoms. The molecule has 0 saturated carbocycles. The van der Waals surface area contributed by atoms with E-state index < -0.39 is 0 Å². The van der Waals surface area contributed by atoms with Crippen molar-refractivity contribution in [2.75, 3.05) is 0 Å². The van der Waals surface area contributed by atoms with Crippen molar-refractivity contribution < 1.29 is 9.53 Å². The van der Waals surface area contributed by atoms with E-state index in [1.54, 1.807) is 0 Å². The largest absolute Gasteiger partial charge is 0.426 e. The number of ether oxygens (including phenoxy) is 1. The molecule has 0 heterocycles. The molecule has 1 aliphatic rings. The van der Waals surface area contributed by atoms with Crippen LogP contribution in [0.3, 0.4) is 0 Å². The van der Waals surface area contributed by atoms with E-state index in [4.69, 9.17) is 4.74 Å². The maximum absolute atomic E-state index is 10.8. The van der Waals surface area contributed by atoms with Crippen molar-refractivity contribution in [1.82, 2.24) is 0 Å². The van der Waals surface area contributed by atoms with E-state index in [9.17, 15) is 4.79 Å². The van der Waals surface area contributed by atoms with Gasteiger partial charge in [0, 0.05) is 12.5 Å². The molecule has 0 bridgehead atoms. The Morgan fingerprint density at radius 1 is 1.43 bits per heavy atom. The third kappa shape index (κ3) is 1.43. The topological polar surface area (TPSA) is 26.3 Å². The van der Waals surface area contributed by atoms with Crippen LogP contribution < -0.4 is 4.74 Å². The van der Waals surface area contributed by atoms with Crippen molar-refractivity contribution in [2.24, 2.45) is 0 Å². The monoisotopic (exact) mass is 188 g/mol. The lowest BCUT2D eigenvalue weighted by Gasteiger charge is -2.06. The summed E-state index contributed by atoms with van der Waals surface area (Å²) in [7, 11) is 0. The minimum atomic E-state index is -0.268. The van der Waals surface area contributed by atoms with Crippen LogP contribution in [0.5, 0.6) is 5.75 Å². The molecule has 1 aliphatic carbocycles. The van der Waals surface area contributed by atoms with Crippen LogP contribution in [0.25, 0.3) is 5.57 Å². The fraction of sp³-hybridized carbons (Fsp3) is 0.250. The van der Waals surface area contributed by atoms with Gasteiger partial charge >= 0.3 is 5.97 Å². The molecule has 14 heavy (non-hydrogen) atoms. The Bertz CT molecular complexity index is 405. The van der Waals surface area contributed by atoms with Gasteiger partial charge in [-0.1, -0.05) is 18.7 Å². The molecule has 0 N–H and O–H groups in total. The first-order valence-corrected chi connectivity index (χ1v) is 4.67. The van der Waals surface area contributed by atoms with Gasteiger partial charge < -0.3 is 4.74 Å². The van der Waals surface area contributed by atoms with Gasteiger partial charge in [-0.05, 0) is 30.0 Å². The van der Waals surface area contributed by atoms with Gasteiger partial charge in [0.15, 0.2) is 0 Å². The van der Waals surface area contributed by atoms with Gasteiger partial charge in [0.2, 0.25) is 0 Å². The third-order valence-corrected chi connectivity index (χ3v) is 2.44. The molecule has 0 aromatic heterocycles. The molecule has 0 aliphatic heterocycles. The normalized spacial score (nSPS) is 13.9. The summed E-state index contributed by atoms with van der Waals surface area (Å²) < 4.78 is 5.13. The number of allylic oxidation sites excluding steroid dienone is 1. The first kappa shape index (κ1) is 9.00. The lowest BCUT2D eigenvalue weighted by molar-refractivity contribution is -0.131. The summed E-state index contributed by atoms with van der Waals surface area (Å²) in [6.45, 7) is 5.40. The van der Waals surface area contributed by atoms with Crippen molar-refractivity contribution in [3.05, 3.63) is 35.9 Å². The lowest BCUT2D eigenvalue weighted by atomic mass is 10.1. The zero-order valence-corrected chi connectivity index (χ0v) is 8.17. The second kappa shape index (κ2) is 3.29. The number of hydrogen-bond donors (Lipinski definition) is 0. The summed E-state index contributed by atoms with van der Waals surface area (Å²) in [5.74, 6) is 0.421. The standard InChI is InChI=1S/C12H12O2/c1-8-6-7-11-10(8)4-3-5-12(11)14-9(2)13/h3-5H,1,6-7H2,2H3. The number of esters is 1. The van der Waals surface area contributed by atoms with Crippen molar-refractivity contribution in [2.45, 2.75) is 19.8 Å². The molecule has 1 aromatic carbocycles. The molecule has 0 amide bonds. The number of benzene rings is 1. The number of fused-ring (bicyclic) bond motifs is 1. The van der Waals surface area contributed by atoms with Gasteiger partial charge in [-0.25, -0.2) is 0 Å². The van der Waals surface area contributed by atoms with Crippen LogP contribution >= 0.6 is 0 Å². The predicted molar refractivity (Wildman–Crippen MR) is 55.1 cm³/mol. The molecule has 0 unspecified atom stereocenters. The average molecular weight is 188 g/mol. The Morgan fingerprint density at radius 3 is 2.93 bits per heavy atom. The summed E-state index contributed by atoms with van der Waals surface area (Å²) in [6, 6.07) is 5.75. The molecule has 0 spiro atoms. The van der Waals surface area contributed by atoms with Gasteiger partial charge in [-0.3, -0.25) is 4.79 Å². The van der Waals surface area contributed by atoms with Gasteiger partial charge in [0.1, 0.15) is 5.75 Å². The molecule has 0 radical (unpaired) electrons. The molecule has 0 fully saturated rings. The SMILES string of the molecule is C=C1CCc2c(OC(C)=O)cccc21. The second-order valence-corrected chi connectivity index (χ2v) is 3.48. The fourth-order valence-corrected chi connectivity index (χ4v) is 1.82. The smallest absolute Gasteiger partial charge is 0.308 e. The van der Waals surface area contributed by atoms with E-state index in [2.05, 4.69) is 6.58 Å². The van der Waals surface area contributed by atoms with Crippen LogP contribution in [0.15, 0.2) is 24.8 Å². The highest BCUT2D eigenvalue weighted by Gasteiger charge is 2.18. The van der Waals surface area contributed by atoms with Gasteiger partial charge in [0.05, 0.1) is 0 Å². The first-order chi connectivity index (χ1) is 6.68. The van der Waals surface area contributed by atoms with Crippen LogP contribution in [-0.2, 0) is 11.2 Å². The van der Waals surface area contributed by atoms with E-state index >= 15 is 0 Å². The summed E-state index contributed by atoms with van der Waals surface area (Å²) in [5.41, 5.74) is 3.39.